The van der Waals surface area contributed by atoms with Crippen molar-refractivity contribution in [2.75, 3.05) is 75.5 Å². The maximum atomic E-state index is 6.42. The third kappa shape index (κ3) is 17.9. The Bertz CT molecular complexity index is 4610. The summed E-state index contributed by atoms with van der Waals surface area (Å²) in [5.41, 5.74) is 31.7. The second kappa shape index (κ2) is 32.6. The van der Waals surface area contributed by atoms with Crippen LogP contribution in [0.25, 0.3) is 56.3 Å². The predicted molar refractivity (Wildman–Crippen MR) is 398 cm³/mol. The van der Waals surface area contributed by atoms with E-state index in [0.29, 0.717) is 133 Å². The van der Waals surface area contributed by atoms with Crippen molar-refractivity contribution in [3.8, 4) is 85.0 Å². The summed E-state index contributed by atoms with van der Waals surface area (Å²) in [4.78, 5) is 44.4. The average molecular weight is 1530 g/mol. The van der Waals surface area contributed by atoms with Gasteiger partial charge in [-0.25, -0.2) is 49.8 Å². The highest BCUT2D eigenvalue weighted by atomic mass is 35.5. The third-order valence-corrected chi connectivity index (χ3v) is 17.5. The van der Waals surface area contributed by atoms with Crippen LogP contribution in [0, 0.1) is 34.6 Å². The number of nitrogens with two attached hydrogens (primary N) is 3. The summed E-state index contributed by atoms with van der Waals surface area (Å²) in [6.45, 7) is 15.1. The lowest BCUT2D eigenvalue weighted by Crippen LogP contribution is -2.13. The number of hydrogen-bond donors (Lipinski definition) is 4. The Kier molecular flexibility index (Phi) is 24.8. The summed E-state index contributed by atoms with van der Waals surface area (Å²) in [7, 11) is 7.15. The van der Waals surface area contributed by atoms with Crippen LogP contribution >= 0.6 is 116 Å². The van der Waals surface area contributed by atoms with Crippen LogP contribution in [0.5, 0.6) is 28.7 Å². The van der Waals surface area contributed by atoms with Crippen LogP contribution in [-0.4, -0.2) is 104 Å². The van der Waals surface area contributed by atoms with Gasteiger partial charge in [0.05, 0.1) is 112 Å². The molecule has 10 aromatic rings. The van der Waals surface area contributed by atoms with Crippen LogP contribution in [0.15, 0.2) is 72.8 Å². The van der Waals surface area contributed by atoms with Crippen molar-refractivity contribution >= 4 is 146 Å². The Balaban J connectivity index is 0.000000143. The summed E-state index contributed by atoms with van der Waals surface area (Å²) in [6, 6.07) is 21.2. The standard InChI is InChI=1S/C15H15Cl2N3O.C14H13Cl2N3O.C14H15Cl2N3O.C13H11Cl2N3O.C12H11Cl2N3O/c1-8-6-12(19-15(18-8)20(2)3)13-9-4-5-21-14(9)11(17)7-10(13)16;1-7-5-11(19-14(17-2)18-7)12-8-3-4-20-13(8)10(16)6-9(12)15;1-7(2)20-13-5-9(10(15)6-11(13)16)12-4-8(3)18-14(17)19-12;1-6-4-10(18-13(16)17-6)11-7-2-3-19-12(7)9(15)5-8(11)14;1-6-3-10(17-12(15)16-6)7-4-11(18-2)9(14)5-8(7)13/h6-7H,4-5H2,1-3H3;5-6H,3-4H2,1-2H3,(H,17,18,19);4-7H,1-3H3,(H2,17,18,19);4-5H,2-3H2,1H3,(H2,16,17,18);3-5H,1-2H3,(H2,15,16,17). The molecule has 5 aromatic heterocycles. The number of methoxy groups -OCH3 is 1. The molecule has 0 bridgehead atoms. The first kappa shape index (κ1) is 74.6. The lowest BCUT2D eigenvalue weighted by molar-refractivity contribution is 0.242. The van der Waals surface area contributed by atoms with Gasteiger partial charge in [0, 0.05) is 113 Å². The van der Waals surface area contributed by atoms with E-state index in [9.17, 15) is 0 Å². The van der Waals surface area contributed by atoms with Crippen molar-refractivity contribution in [1.29, 1.82) is 0 Å². The maximum Gasteiger partial charge on any atom is 0.225 e. The second-order valence-corrected chi connectivity index (χ2v) is 26.6. The lowest BCUT2D eigenvalue weighted by Gasteiger charge is -2.15. The van der Waals surface area contributed by atoms with Gasteiger partial charge >= 0.3 is 0 Å². The second-order valence-electron chi connectivity index (χ2n) is 22.6. The Labute approximate surface area is 617 Å². The van der Waals surface area contributed by atoms with Crippen molar-refractivity contribution in [3.05, 3.63) is 168 Å². The van der Waals surface area contributed by atoms with E-state index in [1.165, 1.54) is 0 Å². The van der Waals surface area contributed by atoms with Crippen molar-refractivity contribution < 1.29 is 23.7 Å². The number of nitrogens with one attached hydrogen (secondary N) is 1. The summed E-state index contributed by atoms with van der Waals surface area (Å²) >= 11 is 62.1. The number of rotatable bonds is 10. The molecular weight excluding hydrogens is 1460 g/mol. The number of halogens is 10. The minimum Gasteiger partial charge on any atom is -0.495 e. The molecule has 7 N–H and O–H groups in total. The SMILES string of the molecule is CNc1nc(C)cc(-c2c(Cl)cc(Cl)c3c2CCO3)n1.COc1cc(-c2cc(C)nc(N)n2)c(Cl)cc1Cl.Cc1cc(-c2c(Cl)cc(Cl)c3c2CCO3)nc(N(C)C)n1.Cc1cc(-c2c(Cl)cc(Cl)c3c2CCO3)nc(N)n1.Cc1cc(-c2cc(OC(C)C)c(Cl)cc2Cl)nc(N)n1. The number of aromatic nitrogens is 10. The highest BCUT2D eigenvalue weighted by molar-refractivity contribution is 6.40. The molecule has 30 heteroatoms. The fourth-order valence-electron chi connectivity index (χ4n) is 10.6. The van der Waals surface area contributed by atoms with Crippen LogP contribution in [0.4, 0.5) is 29.7 Å². The van der Waals surface area contributed by atoms with Crippen molar-refractivity contribution in [1.82, 2.24) is 49.8 Å². The van der Waals surface area contributed by atoms with Crippen LogP contribution in [0.3, 0.4) is 0 Å². The highest BCUT2D eigenvalue weighted by Gasteiger charge is 2.28. The first-order valence-corrected chi connectivity index (χ1v) is 33.8. The monoisotopic (exact) mass is 1520 g/mol. The molecule has 3 aliphatic rings. The van der Waals surface area contributed by atoms with Gasteiger partial charge in [-0.3, -0.25) is 0 Å². The predicted octanol–water partition coefficient (Wildman–Crippen LogP) is 18.2. The van der Waals surface area contributed by atoms with Gasteiger partial charge in [0.25, 0.3) is 0 Å². The molecule has 512 valence electrons. The molecule has 98 heavy (non-hydrogen) atoms. The number of hydrogen-bond acceptors (Lipinski definition) is 20. The van der Waals surface area contributed by atoms with E-state index in [1.807, 2.05) is 91.7 Å². The average Bonchev–Trinajstić information content (AvgIpc) is 1.50. The van der Waals surface area contributed by atoms with Crippen molar-refractivity contribution in [3.63, 3.8) is 0 Å². The van der Waals surface area contributed by atoms with E-state index in [0.717, 1.165) is 98.3 Å². The molecular formula is C68H65Cl10N15O5. The molecule has 0 fully saturated rings. The van der Waals surface area contributed by atoms with Crippen molar-refractivity contribution in [2.45, 2.75) is 73.8 Å². The zero-order valence-electron chi connectivity index (χ0n) is 54.7. The fraction of sp³-hybridized carbons (Fsp3) is 0.265. The molecule has 8 heterocycles. The Hall–Kier alpha value is -7.60. The molecule has 0 aliphatic carbocycles. The first-order valence-electron chi connectivity index (χ1n) is 30.0. The van der Waals surface area contributed by atoms with Gasteiger partial charge in [-0.2, -0.15) is 0 Å². The van der Waals surface area contributed by atoms with Gasteiger partial charge in [0.2, 0.25) is 29.7 Å². The van der Waals surface area contributed by atoms with E-state index >= 15 is 0 Å². The van der Waals surface area contributed by atoms with Gasteiger partial charge in [-0.15, -0.1) is 0 Å². The molecule has 0 atom stereocenters. The molecule has 0 saturated carbocycles. The fourth-order valence-corrected chi connectivity index (χ4v) is 13.6. The topological polar surface area (TPSA) is 268 Å². The molecule has 3 aliphatic heterocycles. The summed E-state index contributed by atoms with van der Waals surface area (Å²) in [6.07, 6.45) is 2.33. The number of fused-ring (bicyclic) bond motifs is 3. The van der Waals surface area contributed by atoms with Gasteiger partial charge < -0.3 is 51.1 Å². The molecule has 0 amide bonds. The van der Waals surface area contributed by atoms with E-state index in [4.69, 9.17) is 157 Å². The van der Waals surface area contributed by atoms with Crippen LogP contribution < -0.4 is 51.1 Å². The number of nitrogen functional groups attached to an aromatic ring is 3. The molecule has 0 spiro atoms. The summed E-state index contributed by atoms with van der Waals surface area (Å²) < 4.78 is 27.5. The minimum absolute atomic E-state index is 0.0127. The van der Waals surface area contributed by atoms with Gasteiger partial charge in [0.15, 0.2) is 0 Å². The highest BCUT2D eigenvalue weighted by Crippen LogP contribution is 2.48. The van der Waals surface area contributed by atoms with E-state index < -0.39 is 0 Å². The smallest absolute Gasteiger partial charge is 0.225 e. The number of benzene rings is 5. The molecule has 13 rings (SSSR count). The normalized spacial score (nSPS) is 12.1. The van der Waals surface area contributed by atoms with E-state index in [2.05, 4.69) is 55.2 Å². The first-order chi connectivity index (χ1) is 46.5. The maximum absolute atomic E-state index is 6.42. The molecule has 20 nitrogen and oxygen atoms in total. The zero-order valence-corrected chi connectivity index (χ0v) is 62.3. The number of nitrogens with zero attached hydrogens (tertiary/aromatic N) is 11. The zero-order chi connectivity index (χ0) is 71.1. The molecule has 0 unspecified atom stereocenters. The Morgan fingerprint density at radius 1 is 0.408 bits per heavy atom. The Morgan fingerprint density at radius 2 is 0.745 bits per heavy atom. The van der Waals surface area contributed by atoms with E-state index in [-0.39, 0.29) is 23.9 Å². The van der Waals surface area contributed by atoms with Gasteiger partial charge in [-0.05, 0) is 121 Å². The lowest BCUT2D eigenvalue weighted by atomic mass is 10.0. The van der Waals surface area contributed by atoms with Crippen LogP contribution in [0.1, 0.15) is 59.0 Å². The number of ether oxygens (including phenoxy) is 5. The largest absolute Gasteiger partial charge is 0.495 e. The quantitative estimate of drug-likeness (QED) is 0.0991. The molecule has 0 radical (unpaired) electrons. The Morgan fingerprint density at radius 3 is 1.12 bits per heavy atom. The molecule has 0 saturated heterocycles. The number of aryl methyl sites for hydroxylation is 5. The molecule has 5 aromatic carbocycles. The van der Waals surface area contributed by atoms with Crippen LogP contribution in [0.2, 0.25) is 50.2 Å². The minimum atomic E-state index is 0.0127. The van der Waals surface area contributed by atoms with Gasteiger partial charge in [-0.1, -0.05) is 116 Å². The summed E-state index contributed by atoms with van der Waals surface area (Å²) in [5, 5.41) is 8.19. The van der Waals surface area contributed by atoms with Gasteiger partial charge in [0.1, 0.15) is 28.7 Å². The van der Waals surface area contributed by atoms with E-state index in [1.54, 1.807) is 62.7 Å². The summed E-state index contributed by atoms with van der Waals surface area (Å²) in [5.74, 6) is 5.09. The van der Waals surface area contributed by atoms with Crippen LogP contribution in [-0.2, 0) is 19.3 Å². The third-order valence-electron chi connectivity index (χ3n) is 14.5. The number of anilines is 5. The van der Waals surface area contributed by atoms with Crippen molar-refractivity contribution in [2.24, 2.45) is 0 Å².